The van der Waals surface area contributed by atoms with E-state index in [2.05, 4.69) is 0 Å². The molecule has 1 atom stereocenters. The number of rotatable bonds is 4. The lowest BCUT2D eigenvalue weighted by atomic mass is 10.2. The van der Waals surface area contributed by atoms with Crippen LogP contribution in [0.25, 0.3) is 6.08 Å². The van der Waals surface area contributed by atoms with E-state index in [1.54, 1.807) is 31.4 Å². The van der Waals surface area contributed by atoms with Gasteiger partial charge in [0.25, 0.3) is 5.91 Å². The molecule has 1 heterocycles. The molecule has 5 nitrogen and oxygen atoms in total. The van der Waals surface area contributed by atoms with Crippen molar-refractivity contribution in [3.8, 4) is 5.75 Å². The van der Waals surface area contributed by atoms with E-state index in [1.807, 2.05) is 6.07 Å². The molecule has 1 aromatic carbocycles. The quantitative estimate of drug-likeness (QED) is 0.609. The summed E-state index contributed by atoms with van der Waals surface area (Å²) < 4.78 is 5.33. The molecule has 1 fully saturated rings. The standard InChI is InChI=1S/C14H13NO4S2/c1-8(13(17)18)15-12(16)11(21-14(15)20)7-9-4-3-5-10(6-9)19-2/h3-8H,1-2H3,(H,17,18)/p-1/b11-7-/t8-/m1/s1. The Kier molecular flexibility index (Phi) is 4.64. The van der Waals surface area contributed by atoms with Crippen LogP contribution in [0.4, 0.5) is 0 Å². The maximum atomic E-state index is 12.2. The zero-order valence-electron chi connectivity index (χ0n) is 11.4. The van der Waals surface area contributed by atoms with Gasteiger partial charge in [-0.2, -0.15) is 0 Å². The van der Waals surface area contributed by atoms with Gasteiger partial charge in [-0.25, -0.2) is 0 Å². The molecule has 0 unspecified atom stereocenters. The minimum Gasteiger partial charge on any atom is -0.548 e. The average molecular weight is 322 g/mol. The van der Waals surface area contributed by atoms with Crippen LogP contribution in [-0.4, -0.2) is 34.2 Å². The molecule has 1 saturated heterocycles. The van der Waals surface area contributed by atoms with Crippen molar-refractivity contribution in [3.05, 3.63) is 34.7 Å². The van der Waals surface area contributed by atoms with Crippen LogP contribution in [0.5, 0.6) is 5.75 Å². The van der Waals surface area contributed by atoms with Crippen molar-refractivity contribution in [2.75, 3.05) is 7.11 Å². The van der Waals surface area contributed by atoms with Crippen LogP contribution in [-0.2, 0) is 9.59 Å². The minimum absolute atomic E-state index is 0.214. The van der Waals surface area contributed by atoms with Gasteiger partial charge in [0.1, 0.15) is 10.1 Å². The number of ether oxygens (including phenoxy) is 1. The van der Waals surface area contributed by atoms with E-state index in [9.17, 15) is 14.7 Å². The fourth-order valence-electron chi connectivity index (χ4n) is 1.80. The number of carbonyl (C=O) groups is 2. The molecule has 2 rings (SSSR count). The van der Waals surface area contributed by atoms with Crippen LogP contribution in [0, 0.1) is 0 Å². The third-order valence-electron chi connectivity index (χ3n) is 2.94. The van der Waals surface area contributed by atoms with Gasteiger partial charge in [-0.1, -0.05) is 36.1 Å². The number of methoxy groups -OCH3 is 1. The Morgan fingerprint density at radius 3 is 2.86 bits per heavy atom. The molecule has 21 heavy (non-hydrogen) atoms. The van der Waals surface area contributed by atoms with E-state index >= 15 is 0 Å². The van der Waals surface area contributed by atoms with Gasteiger partial charge in [0, 0.05) is 0 Å². The molecule has 0 aliphatic carbocycles. The molecule has 1 amide bonds. The topological polar surface area (TPSA) is 69.7 Å². The lowest BCUT2D eigenvalue weighted by Gasteiger charge is -2.23. The highest BCUT2D eigenvalue weighted by Crippen LogP contribution is 2.34. The number of carboxylic acids is 1. The summed E-state index contributed by atoms with van der Waals surface area (Å²) >= 11 is 6.14. The Morgan fingerprint density at radius 1 is 1.52 bits per heavy atom. The van der Waals surface area contributed by atoms with E-state index in [-0.39, 0.29) is 4.32 Å². The number of benzene rings is 1. The lowest BCUT2D eigenvalue weighted by molar-refractivity contribution is -0.309. The van der Waals surface area contributed by atoms with Crippen molar-refractivity contribution in [1.29, 1.82) is 0 Å². The number of nitrogens with zero attached hydrogens (tertiary/aromatic N) is 1. The third kappa shape index (κ3) is 3.25. The van der Waals surface area contributed by atoms with Crippen LogP contribution in [0.1, 0.15) is 12.5 Å². The molecule has 1 aliphatic heterocycles. The second kappa shape index (κ2) is 6.28. The Bertz CT molecular complexity index is 642. The second-order valence-electron chi connectivity index (χ2n) is 4.32. The zero-order valence-corrected chi connectivity index (χ0v) is 13.0. The van der Waals surface area contributed by atoms with E-state index in [4.69, 9.17) is 17.0 Å². The summed E-state index contributed by atoms with van der Waals surface area (Å²) in [5.41, 5.74) is 0.774. The van der Waals surface area contributed by atoms with E-state index < -0.39 is 17.9 Å². The molecule has 0 radical (unpaired) electrons. The summed E-state index contributed by atoms with van der Waals surface area (Å²) in [5, 5.41) is 10.9. The number of carbonyl (C=O) groups excluding carboxylic acids is 2. The largest absolute Gasteiger partial charge is 0.548 e. The van der Waals surface area contributed by atoms with Crippen molar-refractivity contribution < 1.29 is 19.4 Å². The van der Waals surface area contributed by atoms with Crippen LogP contribution >= 0.6 is 24.0 Å². The summed E-state index contributed by atoms with van der Waals surface area (Å²) in [7, 11) is 1.56. The number of thiocarbonyl (C=S) groups is 1. The highest BCUT2D eigenvalue weighted by Gasteiger charge is 2.35. The molecule has 7 heteroatoms. The summed E-state index contributed by atoms with van der Waals surface area (Å²) in [4.78, 5) is 24.6. The number of carboxylic acid groups (broad SMARTS) is 1. The van der Waals surface area contributed by atoms with Crippen molar-refractivity contribution in [1.82, 2.24) is 4.90 Å². The van der Waals surface area contributed by atoms with Gasteiger partial charge in [0.2, 0.25) is 0 Å². The van der Waals surface area contributed by atoms with Gasteiger partial charge in [0.15, 0.2) is 0 Å². The maximum Gasteiger partial charge on any atom is 0.266 e. The predicted molar refractivity (Wildman–Crippen MR) is 82.5 cm³/mol. The second-order valence-corrected chi connectivity index (χ2v) is 6.00. The highest BCUT2D eigenvalue weighted by atomic mass is 32.2. The fourth-order valence-corrected chi connectivity index (χ4v) is 3.22. The molecule has 0 bridgehead atoms. The highest BCUT2D eigenvalue weighted by molar-refractivity contribution is 8.26. The van der Waals surface area contributed by atoms with Gasteiger partial charge in [-0.3, -0.25) is 9.69 Å². The van der Waals surface area contributed by atoms with Crippen LogP contribution in [0.2, 0.25) is 0 Å². The maximum absolute atomic E-state index is 12.2. The molecule has 0 N–H and O–H groups in total. The molecule has 0 aromatic heterocycles. The third-order valence-corrected chi connectivity index (χ3v) is 4.27. The Labute approximate surface area is 131 Å². The molecule has 1 aromatic rings. The predicted octanol–water partition coefficient (Wildman–Crippen LogP) is 1.03. The van der Waals surface area contributed by atoms with Gasteiger partial charge >= 0.3 is 0 Å². The Balaban J connectivity index is 2.29. The summed E-state index contributed by atoms with van der Waals surface area (Å²) in [6.45, 7) is 1.37. The van der Waals surface area contributed by atoms with Gasteiger partial charge in [-0.05, 0) is 30.7 Å². The van der Waals surface area contributed by atoms with Crippen LogP contribution < -0.4 is 9.84 Å². The van der Waals surface area contributed by atoms with Gasteiger partial charge < -0.3 is 14.6 Å². The minimum atomic E-state index is -1.34. The first kappa shape index (κ1) is 15.5. The first-order valence-corrected chi connectivity index (χ1v) is 7.28. The number of aliphatic carboxylic acids is 1. The van der Waals surface area contributed by atoms with Crippen LogP contribution in [0.3, 0.4) is 0 Å². The van der Waals surface area contributed by atoms with Crippen molar-refractivity contribution in [3.63, 3.8) is 0 Å². The normalized spacial score (nSPS) is 18.2. The van der Waals surface area contributed by atoms with E-state index in [0.717, 1.165) is 22.2 Å². The van der Waals surface area contributed by atoms with Gasteiger partial charge in [-0.15, -0.1) is 0 Å². The van der Waals surface area contributed by atoms with E-state index in [0.29, 0.717) is 10.7 Å². The first-order valence-electron chi connectivity index (χ1n) is 6.06. The summed E-state index contributed by atoms with van der Waals surface area (Å²) in [5.74, 6) is -1.10. The van der Waals surface area contributed by atoms with E-state index in [1.165, 1.54) is 6.92 Å². The summed E-state index contributed by atoms with van der Waals surface area (Å²) in [6, 6.07) is 6.09. The van der Waals surface area contributed by atoms with Crippen molar-refractivity contribution >= 4 is 46.3 Å². The van der Waals surface area contributed by atoms with Gasteiger partial charge in [0.05, 0.1) is 24.0 Å². The number of hydrogen-bond acceptors (Lipinski definition) is 6. The number of thioether (sulfide) groups is 1. The molecular formula is C14H12NO4S2-. The average Bonchev–Trinajstić information content (AvgIpc) is 2.73. The summed E-state index contributed by atoms with van der Waals surface area (Å²) in [6.07, 6.45) is 1.66. The fraction of sp³-hybridized carbons (Fsp3) is 0.214. The molecule has 0 spiro atoms. The molecule has 0 saturated carbocycles. The Hall–Kier alpha value is -1.86. The molecule has 1 aliphatic rings. The smallest absolute Gasteiger partial charge is 0.266 e. The monoisotopic (exact) mass is 322 g/mol. The number of hydrogen-bond donors (Lipinski definition) is 0. The van der Waals surface area contributed by atoms with Crippen molar-refractivity contribution in [2.45, 2.75) is 13.0 Å². The van der Waals surface area contributed by atoms with Crippen LogP contribution in [0.15, 0.2) is 29.2 Å². The zero-order chi connectivity index (χ0) is 15.6. The SMILES string of the molecule is COc1cccc(/C=C2\SC(=S)N([C@H](C)C(=O)[O-])C2=O)c1. The molecule has 110 valence electrons. The Morgan fingerprint density at radius 2 is 2.24 bits per heavy atom. The lowest BCUT2D eigenvalue weighted by Crippen LogP contribution is -2.48. The molecular weight excluding hydrogens is 310 g/mol. The first-order chi connectivity index (χ1) is 9.93. The number of amides is 1. The van der Waals surface area contributed by atoms with Crippen molar-refractivity contribution in [2.24, 2.45) is 0 Å².